The molecule has 0 nitrogen and oxygen atoms in total. The van der Waals surface area contributed by atoms with Gasteiger partial charge in [0.1, 0.15) is 0 Å². The van der Waals surface area contributed by atoms with E-state index in [9.17, 15) is 0 Å². The summed E-state index contributed by atoms with van der Waals surface area (Å²) in [6.45, 7) is 0. The van der Waals surface area contributed by atoms with Crippen LogP contribution in [0.15, 0.2) is 12.2 Å². The van der Waals surface area contributed by atoms with Crippen LogP contribution in [0.1, 0.15) is 19.3 Å². The number of hydrogen-bond donors (Lipinski definition) is 0. The highest BCUT2D eigenvalue weighted by molar-refractivity contribution is 5.22. The van der Waals surface area contributed by atoms with Crippen LogP contribution in [0.3, 0.4) is 0 Å². The van der Waals surface area contributed by atoms with Gasteiger partial charge in [0.05, 0.1) is 0 Å². The predicted molar refractivity (Wildman–Crippen MR) is 43.9 cm³/mol. The second-order valence-corrected chi connectivity index (χ2v) is 5.10. The largest absolute Gasteiger partial charge is 0.0845 e. The molecule has 0 radical (unpaired) electrons. The van der Waals surface area contributed by atoms with E-state index in [1.807, 2.05) is 0 Å². The molecular weight excluding hydrogens is 132 g/mol. The van der Waals surface area contributed by atoms with Crippen molar-refractivity contribution in [3.63, 3.8) is 0 Å². The molecule has 11 heavy (non-hydrogen) atoms. The Balaban J connectivity index is 1.96. The fourth-order valence-corrected chi connectivity index (χ4v) is 4.74. The Morgan fingerprint density at radius 1 is 0.727 bits per heavy atom. The van der Waals surface area contributed by atoms with Crippen molar-refractivity contribution in [1.82, 2.24) is 0 Å². The van der Waals surface area contributed by atoms with Gasteiger partial charge in [-0.1, -0.05) is 12.2 Å². The highest BCUT2D eigenvalue weighted by Crippen LogP contribution is 2.66. The third kappa shape index (κ3) is 0.432. The van der Waals surface area contributed by atoms with Gasteiger partial charge in [0.15, 0.2) is 0 Å². The molecule has 0 aliphatic heterocycles. The van der Waals surface area contributed by atoms with Gasteiger partial charge in [0, 0.05) is 0 Å². The van der Waals surface area contributed by atoms with Gasteiger partial charge in [0.2, 0.25) is 0 Å². The van der Waals surface area contributed by atoms with Crippen molar-refractivity contribution in [1.29, 1.82) is 0 Å². The molecule has 0 N–H and O–H groups in total. The SMILES string of the molecule is C1=CC2C3CC4CC(C3)C2C14. The Labute approximate surface area is 67.7 Å². The molecule has 0 saturated heterocycles. The summed E-state index contributed by atoms with van der Waals surface area (Å²) in [5, 5.41) is 0. The third-order valence-electron chi connectivity index (χ3n) is 4.89. The molecule has 4 unspecified atom stereocenters. The maximum absolute atomic E-state index is 2.55. The topological polar surface area (TPSA) is 0 Å². The molecule has 5 rings (SSSR count). The van der Waals surface area contributed by atoms with Crippen LogP contribution in [0.4, 0.5) is 0 Å². The maximum Gasteiger partial charge on any atom is -0.0168 e. The van der Waals surface area contributed by atoms with Gasteiger partial charge in [-0.25, -0.2) is 0 Å². The van der Waals surface area contributed by atoms with Crippen molar-refractivity contribution >= 4 is 0 Å². The fraction of sp³-hybridized carbons (Fsp3) is 0.818. The molecular formula is C11H14. The van der Waals surface area contributed by atoms with Gasteiger partial charge in [-0.2, -0.15) is 0 Å². The summed E-state index contributed by atoms with van der Waals surface area (Å²) < 4.78 is 0. The van der Waals surface area contributed by atoms with Gasteiger partial charge in [0.25, 0.3) is 0 Å². The van der Waals surface area contributed by atoms with Crippen LogP contribution >= 0.6 is 0 Å². The molecule has 0 aromatic rings. The number of hydrogen-bond acceptors (Lipinski definition) is 0. The second kappa shape index (κ2) is 1.44. The van der Waals surface area contributed by atoms with Crippen molar-refractivity contribution in [2.75, 3.05) is 0 Å². The molecule has 58 valence electrons. The number of rotatable bonds is 0. The molecule has 0 aromatic carbocycles. The van der Waals surface area contributed by atoms with Crippen molar-refractivity contribution in [3.05, 3.63) is 12.2 Å². The zero-order chi connectivity index (χ0) is 7.00. The van der Waals surface area contributed by atoms with E-state index in [2.05, 4.69) is 12.2 Å². The summed E-state index contributed by atoms with van der Waals surface area (Å²) in [5.41, 5.74) is 0. The molecule has 0 aromatic heterocycles. The summed E-state index contributed by atoms with van der Waals surface area (Å²) in [4.78, 5) is 0. The lowest BCUT2D eigenvalue weighted by atomic mass is 9.74. The average Bonchev–Trinajstić information content (AvgIpc) is 2.57. The molecule has 0 heteroatoms. The minimum absolute atomic E-state index is 1.05. The van der Waals surface area contributed by atoms with Crippen molar-refractivity contribution in [2.45, 2.75) is 19.3 Å². The summed E-state index contributed by atoms with van der Waals surface area (Å²) in [6.07, 6.45) is 9.87. The molecule has 0 heterocycles. The van der Waals surface area contributed by atoms with Gasteiger partial charge in [-0.15, -0.1) is 0 Å². The zero-order valence-corrected chi connectivity index (χ0v) is 6.74. The van der Waals surface area contributed by atoms with Crippen LogP contribution in [0.5, 0.6) is 0 Å². The van der Waals surface area contributed by atoms with Crippen LogP contribution in [0.25, 0.3) is 0 Å². The van der Waals surface area contributed by atoms with Crippen molar-refractivity contribution in [3.8, 4) is 0 Å². The lowest BCUT2D eigenvalue weighted by Gasteiger charge is -2.30. The van der Waals surface area contributed by atoms with Gasteiger partial charge < -0.3 is 0 Å². The predicted octanol–water partition coefficient (Wildman–Crippen LogP) is 2.46. The lowest BCUT2D eigenvalue weighted by molar-refractivity contribution is 0.205. The quantitative estimate of drug-likeness (QED) is 0.460. The molecule has 5 aliphatic rings. The zero-order valence-electron chi connectivity index (χ0n) is 6.74. The Hall–Kier alpha value is -0.260. The van der Waals surface area contributed by atoms with Gasteiger partial charge in [-0.05, 0) is 54.8 Å². The summed E-state index contributed by atoms with van der Waals surface area (Å²) >= 11 is 0. The van der Waals surface area contributed by atoms with Crippen molar-refractivity contribution < 1.29 is 0 Å². The first-order valence-corrected chi connectivity index (χ1v) is 5.12. The van der Waals surface area contributed by atoms with E-state index in [1.165, 1.54) is 0 Å². The van der Waals surface area contributed by atoms with E-state index in [0.29, 0.717) is 0 Å². The minimum Gasteiger partial charge on any atom is -0.0845 e. The molecule has 0 spiro atoms. The molecule has 6 bridgehead atoms. The normalized spacial score (nSPS) is 68.4. The van der Waals surface area contributed by atoms with E-state index in [1.54, 1.807) is 19.3 Å². The first kappa shape index (κ1) is 5.40. The first-order valence-electron chi connectivity index (χ1n) is 5.12. The van der Waals surface area contributed by atoms with Crippen LogP contribution in [0.2, 0.25) is 0 Å². The first-order chi connectivity index (χ1) is 5.43. The fourth-order valence-electron chi connectivity index (χ4n) is 4.74. The molecule has 5 aliphatic carbocycles. The Bertz CT molecular complexity index is 218. The van der Waals surface area contributed by atoms with E-state index in [0.717, 1.165) is 35.5 Å². The van der Waals surface area contributed by atoms with Crippen molar-refractivity contribution in [2.24, 2.45) is 35.5 Å². The Kier molecular flexibility index (Phi) is 0.706. The highest BCUT2D eigenvalue weighted by Gasteiger charge is 2.59. The smallest absolute Gasteiger partial charge is 0.0168 e. The van der Waals surface area contributed by atoms with Crippen LogP contribution in [-0.2, 0) is 0 Å². The standard InChI is InChI=1S/C11H14/c1-2-10-7-3-6-4-8(5-7)11(10)9(1)6/h1-2,6-11H,3-5H2. The van der Waals surface area contributed by atoms with Crippen LogP contribution < -0.4 is 0 Å². The average molecular weight is 146 g/mol. The molecule has 4 atom stereocenters. The van der Waals surface area contributed by atoms with Crippen LogP contribution in [0, 0.1) is 35.5 Å². The monoisotopic (exact) mass is 146 g/mol. The third-order valence-corrected chi connectivity index (χ3v) is 4.89. The highest BCUT2D eigenvalue weighted by atomic mass is 14.6. The molecule has 4 fully saturated rings. The van der Waals surface area contributed by atoms with Gasteiger partial charge in [-0.3, -0.25) is 0 Å². The molecule has 4 saturated carbocycles. The molecule has 0 amide bonds. The Morgan fingerprint density at radius 2 is 1.27 bits per heavy atom. The Morgan fingerprint density at radius 3 is 1.91 bits per heavy atom. The van der Waals surface area contributed by atoms with E-state index in [4.69, 9.17) is 0 Å². The maximum atomic E-state index is 2.55. The second-order valence-electron chi connectivity index (χ2n) is 5.10. The van der Waals surface area contributed by atoms with E-state index in [-0.39, 0.29) is 0 Å². The summed E-state index contributed by atoms with van der Waals surface area (Å²) in [6, 6.07) is 0. The lowest BCUT2D eigenvalue weighted by Crippen LogP contribution is -2.24. The number of allylic oxidation sites excluding steroid dienone is 2. The van der Waals surface area contributed by atoms with Gasteiger partial charge >= 0.3 is 0 Å². The summed E-state index contributed by atoms with van der Waals surface area (Å²) in [5.74, 6) is 6.63. The van der Waals surface area contributed by atoms with E-state index >= 15 is 0 Å². The van der Waals surface area contributed by atoms with E-state index < -0.39 is 0 Å². The summed E-state index contributed by atoms with van der Waals surface area (Å²) in [7, 11) is 0. The van der Waals surface area contributed by atoms with Crippen LogP contribution in [-0.4, -0.2) is 0 Å². The minimum atomic E-state index is 1.05.